The molecule has 1 rings (SSSR count). The van der Waals surface area contributed by atoms with Crippen LogP contribution in [0.5, 0.6) is 0 Å². The van der Waals surface area contributed by atoms with Gasteiger partial charge in [-0.2, -0.15) is 11.8 Å². The van der Waals surface area contributed by atoms with Crippen molar-refractivity contribution in [2.45, 2.75) is 32.7 Å². The zero-order valence-electron chi connectivity index (χ0n) is 11.3. The summed E-state index contributed by atoms with van der Waals surface area (Å²) >= 11 is 1.91. The van der Waals surface area contributed by atoms with Gasteiger partial charge in [-0.15, -0.1) is 5.10 Å². The number of hydrogen-bond acceptors (Lipinski definition) is 4. The van der Waals surface area contributed by atoms with Crippen molar-refractivity contribution in [1.82, 2.24) is 20.3 Å². The molecule has 1 aromatic heterocycles. The zero-order valence-corrected chi connectivity index (χ0v) is 12.1. The highest BCUT2D eigenvalue weighted by molar-refractivity contribution is 7.98. The third kappa shape index (κ3) is 5.08. The summed E-state index contributed by atoms with van der Waals surface area (Å²) in [5.41, 5.74) is 1.08. The average molecular weight is 256 g/mol. The maximum Gasteiger partial charge on any atom is 0.0842 e. The van der Waals surface area contributed by atoms with Crippen LogP contribution in [0.4, 0.5) is 0 Å². The van der Waals surface area contributed by atoms with Crippen molar-refractivity contribution in [3.8, 4) is 0 Å². The molecule has 0 aromatic carbocycles. The van der Waals surface area contributed by atoms with Crippen LogP contribution < -0.4 is 5.32 Å². The predicted octanol–water partition coefficient (Wildman–Crippen LogP) is 1.72. The summed E-state index contributed by atoms with van der Waals surface area (Å²) in [5.74, 6) is 1.83. The number of nitrogens with zero attached hydrogens (tertiary/aromatic N) is 3. The third-order valence-electron chi connectivity index (χ3n) is 2.85. The summed E-state index contributed by atoms with van der Waals surface area (Å²) in [6, 6.07) is 0.499. The highest BCUT2D eigenvalue weighted by Crippen LogP contribution is 2.13. The summed E-state index contributed by atoms with van der Waals surface area (Å²) in [4.78, 5) is 0. The van der Waals surface area contributed by atoms with Gasteiger partial charge >= 0.3 is 0 Å². The van der Waals surface area contributed by atoms with E-state index in [2.05, 4.69) is 35.7 Å². The largest absolute Gasteiger partial charge is 0.313 e. The van der Waals surface area contributed by atoms with Gasteiger partial charge in [0.05, 0.1) is 5.69 Å². The smallest absolute Gasteiger partial charge is 0.0842 e. The average Bonchev–Trinajstić information content (AvgIpc) is 2.70. The highest BCUT2D eigenvalue weighted by Gasteiger charge is 2.18. The zero-order chi connectivity index (χ0) is 12.7. The number of aryl methyl sites for hydroxylation is 1. The highest BCUT2D eigenvalue weighted by atomic mass is 32.2. The van der Waals surface area contributed by atoms with Crippen LogP contribution in [0.25, 0.3) is 0 Å². The first-order chi connectivity index (χ1) is 8.17. The fourth-order valence-electron chi connectivity index (χ4n) is 1.90. The van der Waals surface area contributed by atoms with Crippen LogP contribution in [0.15, 0.2) is 6.20 Å². The van der Waals surface area contributed by atoms with Crippen molar-refractivity contribution in [3.05, 3.63) is 11.9 Å². The van der Waals surface area contributed by atoms with E-state index in [1.165, 1.54) is 12.2 Å². The lowest BCUT2D eigenvalue weighted by atomic mass is 9.99. The Balaban J connectivity index is 2.55. The fourth-order valence-corrected chi connectivity index (χ4v) is 2.66. The molecule has 17 heavy (non-hydrogen) atoms. The van der Waals surface area contributed by atoms with Crippen molar-refractivity contribution in [2.75, 3.05) is 18.6 Å². The van der Waals surface area contributed by atoms with Crippen molar-refractivity contribution in [1.29, 1.82) is 0 Å². The van der Waals surface area contributed by atoms with Crippen molar-refractivity contribution in [2.24, 2.45) is 13.0 Å². The second-order valence-electron chi connectivity index (χ2n) is 4.58. The van der Waals surface area contributed by atoms with Crippen LogP contribution in [0.1, 0.15) is 26.0 Å². The van der Waals surface area contributed by atoms with Crippen molar-refractivity contribution in [3.63, 3.8) is 0 Å². The lowest BCUT2D eigenvalue weighted by Gasteiger charge is -2.23. The first kappa shape index (κ1) is 14.5. The molecule has 0 aliphatic rings. The third-order valence-corrected chi connectivity index (χ3v) is 3.71. The van der Waals surface area contributed by atoms with Crippen LogP contribution in [0.2, 0.25) is 0 Å². The molecular formula is C12H24N4S. The lowest BCUT2D eigenvalue weighted by Crippen LogP contribution is -2.38. The second kappa shape index (κ2) is 7.71. The maximum atomic E-state index is 4.17. The van der Waals surface area contributed by atoms with Gasteiger partial charge < -0.3 is 5.32 Å². The van der Waals surface area contributed by atoms with Crippen LogP contribution in [0, 0.1) is 5.92 Å². The molecule has 0 radical (unpaired) electrons. The number of thioether (sulfide) groups is 1. The van der Waals surface area contributed by atoms with Gasteiger partial charge in [-0.05, 0) is 30.9 Å². The maximum absolute atomic E-state index is 4.17. The topological polar surface area (TPSA) is 42.7 Å². The van der Waals surface area contributed by atoms with Gasteiger partial charge in [0.15, 0.2) is 0 Å². The van der Waals surface area contributed by atoms with E-state index in [9.17, 15) is 0 Å². The molecule has 0 bridgehead atoms. The predicted molar refractivity (Wildman–Crippen MR) is 74.3 cm³/mol. The Morgan fingerprint density at radius 2 is 2.29 bits per heavy atom. The molecule has 1 aromatic rings. The minimum absolute atomic E-state index is 0.499. The molecule has 0 amide bonds. The standard InChI is InChI=1S/C12H24N4S/c1-5-6-13-12(10(2)9-17-4)7-11-8-16(3)15-14-11/h8,10,12-13H,5-7,9H2,1-4H3. The molecule has 2 atom stereocenters. The van der Waals surface area contributed by atoms with Crippen molar-refractivity contribution < 1.29 is 0 Å². The fraction of sp³-hybridized carbons (Fsp3) is 0.833. The van der Waals surface area contributed by atoms with Gasteiger partial charge in [-0.3, -0.25) is 4.68 Å². The summed E-state index contributed by atoms with van der Waals surface area (Å²) < 4.78 is 1.77. The molecule has 0 aliphatic carbocycles. The van der Waals surface area contributed by atoms with E-state index in [4.69, 9.17) is 0 Å². The molecule has 98 valence electrons. The molecule has 0 spiro atoms. The van der Waals surface area contributed by atoms with Gasteiger partial charge in [0.2, 0.25) is 0 Å². The Morgan fingerprint density at radius 3 is 2.82 bits per heavy atom. The molecule has 1 N–H and O–H groups in total. The van der Waals surface area contributed by atoms with Gasteiger partial charge in [-0.1, -0.05) is 19.1 Å². The van der Waals surface area contributed by atoms with Crippen LogP contribution >= 0.6 is 11.8 Å². The first-order valence-electron chi connectivity index (χ1n) is 6.24. The second-order valence-corrected chi connectivity index (χ2v) is 5.49. The number of nitrogens with one attached hydrogen (secondary N) is 1. The number of rotatable bonds is 8. The molecule has 0 aliphatic heterocycles. The van der Waals surface area contributed by atoms with E-state index in [0.29, 0.717) is 12.0 Å². The summed E-state index contributed by atoms with van der Waals surface area (Å²) in [6.07, 6.45) is 6.31. The van der Waals surface area contributed by atoms with Gasteiger partial charge in [0.1, 0.15) is 0 Å². The molecule has 0 fully saturated rings. The molecule has 4 nitrogen and oxygen atoms in total. The molecule has 0 saturated heterocycles. The Morgan fingerprint density at radius 1 is 1.53 bits per heavy atom. The first-order valence-corrected chi connectivity index (χ1v) is 7.64. The van der Waals surface area contributed by atoms with Crippen LogP contribution in [-0.4, -0.2) is 39.6 Å². The summed E-state index contributed by atoms with van der Waals surface area (Å²) in [5, 5.41) is 11.8. The minimum Gasteiger partial charge on any atom is -0.313 e. The molecular weight excluding hydrogens is 232 g/mol. The van der Waals surface area contributed by atoms with Gasteiger partial charge in [-0.25, -0.2) is 0 Å². The molecule has 1 heterocycles. The molecule has 2 unspecified atom stereocenters. The monoisotopic (exact) mass is 256 g/mol. The number of aromatic nitrogens is 3. The van der Waals surface area contributed by atoms with E-state index < -0.39 is 0 Å². The Hall–Kier alpha value is -0.550. The summed E-state index contributed by atoms with van der Waals surface area (Å²) in [7, 11) is 1.91. The molecule has 5 heteroatoms. The normalized spacial score (nSPS) is 14.8. The van der Waals surface area contributed by atoms with E-state index in [0.717, 1.165) is 18.7 Å². The van der Waals surface area contributed by atoms with E-state index in [1.807, 2.05) is 25.0 Å². The lowest BCUT2D eigenvalue weighted by molar-refractivity contribution is 0.399. The van der Waals surface area contributed by atoms with Gasteiger partial charge in [0, 0.05) is 25.7 Å². The van der Waals surface area contributed by atoms with E-state index in [1.54, 1.807) is 4.68 Å². The number of hydrogen-bond donors (Lipinski definition) is 1. The van der Waals surface area contributed by atoms with Crippen LogP contribution in [-0.2, 0) is 13.5 Å². The Bertz CT molecular complexity index is 313. The Kier molecular flexibility index (Phi) is 6.58. The van der Waals surface area contributed by atoms with Crippen molar-refractivity contribution >= 4 is 11.8 Å². The Labute approximate surface area is 109 Å². The summed E-state index contributed by atoms with van der Waals surface area (Å²) in [6.45, 7) is 5.58. The van der Waals surface area contributed by atoms with E-state index >= 15 is 0 Å². The minimum atomic E-state index is 0.499. The van der Waals surface area contributed by atoms with Gasteiger partial charge in [0.25, 0.3) is 0 Å². The van der Waals surface area contributed by atoms with Crippen LogP contribution in [0.3, 0.4) is 0 Å². The molecule has 0 saturated carbocycles. The quantitative estimate of drug-likeness (QED) is 0.769. The SMILES string of the molecule is CCCNC(Cc1cn(C)nn1)C(C)CSC. The van der Waals surface area contributed by atoms with E-state index in [-0.39, 0.29) is 0 Å².